The molecule has 0 saturated heterocycles. The van der Waals surface area contributed by atoms with Crippen LogP contribution < -0.4 is 5.73 Å². The van der Waals surface area contributed by atoms with Gasteiger partial charge in [0.2, 0.25) is 0 Å². The molecule has 0 heterocycles. The predicted octanol–water partition coefficient (Wildman–Crippen LogP) is 4.57. The molecule has 0 aliphatic heterocycles. The Balaban J connectivity index is 2.50. The third-order valence-corrected chi connectivity index (χ3v) is 3.32. The van der Waals surface area contributed by atoms with E-state index in [1.807, 2.05) is 0 Å². The number of hydrogen-bond donors (Lipinski definition) is 1. The number of rotatable bonds is 2. The molecule has 0 fully saturated rings. The van der Waals surface area contributed by atoms with Crippen LogP contribution in [-0.2, 0) is 0 Å². The third kappa shape index (κ3) is 2.94. The molecular weight excluding hydrogens is 343 g/mol. The summed E-state index contributed by atoms with van der Waals surface area (Å²) in [6.07, 6.45) is 0. The van der Waals surface area contributed by atoms with Crippen LogP contribution in [0, 0.1) is 17.5 Å². The van der Waals surface area contributed by atoms with Gasteiger partial charge in [-0.2, -0.15) is 0 Å². The zero-order chi connectivity index (χ0) is 14.2. The van der Waals surface area contributed by atoms with Gasteiger partial charge in [-0.3, -0.25) is 0 Å². The van der Waals surface area contributed by atoms with Crippen LogP contribution in [0.1, 0.15) is 17.2 Å². The third-order valence-electron chi connectivity index (χ3n) is 2.64. The molecule has 0 spiro atoms. The lowest BCUT2D eigenvalue weighted by atomic mass is 9.99. The lowest BCUT2D eigenvalue weighted by molar-refractivity contribution is 0.438. The number of halogens is 5. The summed E-state index contributed by atoms with van der Waals surface area (Å²) >= 11 is 9.10. The minimum Gasteiger partial charge on any atom is -0.320 e. The molecule has 0 radical (unpaired) electrons. The van der Waals surface area contributed by atoms with E-state index in [2.05, 4.69) is 15.9 Å². The lowest BCUT2D eigenvalue weighted by Gasteiger charge is -2.15. The van der Waals surface area contributed by atoms with Gasteiger partial charge >= 0.3 is 0 Å². The van der Waals surface area contributed by atoms with E-state index in [0.717, 1.165) is 12.1 Å². The molecule has 2 rings (SSSR count). The molecule has 2 aromatic rings. The first-order valence-corrected chi connectivity index (χ1v) is 6.42. The molecule has 6 heteroatoms. The van der Waals surface area contributed by atoms with Crippen molar-refractivity contribution in [1.29, 1.82) is 0 Å². The minimum absolute atomic E-state index is 0.131. The highest BCUT2D eigenvalue weighted by atomic mass is 79.9. The van der Waals surface area contributed by atoms with Gasteiger partial charge in [0.1, 0.15) is 0 Å². The minimum atomic E-state index is -1.53. The van der Waals surface area contributed by atoms with Gasteiger partial charge in [-0.05, 0) is 29.8 Å². The van der Waals surface area contributed by atoms with E-state index in [4.69, 9.17) is 17.3 Å². The van der Waals surface area contributed by atoms with Gasteiger partial charge in [-0.25, -0.2) is 13.2 Å². The maximum Gasteiger partial charge on any atom is 0.194 e. The highest BCUT2D eigenvalue weighted by molar-refractivity contribution is 9.10. The van der Waals surface area contributed by atoms with E-state index >= 15 is 0 Å². The summed E-state index contributed by atoms with van der Waals surface area (Å²) in [6, 6.07) is 5.83. The van der Waals surface area contributed by atoms with E-state index in [-0.39, 0.29) is 5.56 Å². The summed E-state index contributed by atoms with van der Waals surface area (Å²) in [5.74, 6) is -4.07. The first kappa shape index (κ1) is 14.4. The van der Waals surface area contributed by atoms with Gasteiger partial charge in [0, 0.05) is 15.1 Å². The van der Waals surface area contributed by atoms with Crippen LogP contribution in [0.3, 0.4) is 0 Å². The average Bonchev–Trinajstić information content (AvgIpc) is 2.34. The molecule has 0 aliphatic rings. The van der Waals surface area contributed by atoms with Crippen molar-refractivity contribution in [3.8, 4) is 0 Å². The van der Waals surface area contributed by atoms with Gasteiger partial charge in [0.05, 0.1) is 6.04 Å². The van der Waals surface area contributed by atoms with E-state index in [0.29, 0.717) is 15.1 Å². The van der Waals surface area contributed by atoms with Gasteiger partial charge < -0.3 is 5.73 Å². The molecule has 0 aliphatic carbocycles. The molecule has 0 bridgehead atoms. The summed E-state index contributed by atoms with van der Waals surface area (Å²) in [7, 11) is 0. The largest absolute Gasteiger partial charge is 0.320 e. The standard InChI is InChI=1S/C13H8BrClF3N/c14-7-3-6(4-8(15)5-7)13(19)9-1-2-10(16)12(18)11(9)17/h1-5,13H,19H2. The van der Waals surface area contributed by atoms with Crippen LogP contribution in [0.4, 0.5) is 13.2 Å². The average molecular weight is 351 g/mol. The van der Waals surface area contributed by atoms with Crippen molar-refractivity contribution in [3.63, 3.8) is 0 Å². The molecule has 100 valence electrons. The second kappa shape index (κ2) is 5.53. The zero-order valence-corrected chi connectivity index (χ0v) is 11.8. The fraction of sp³-hybridized carbons (Fsp3) is 0.0769. The van der Waals surface area contributed by atoms with E-state index in [1.54, 1.807) is 12.1 Å². The molecular formula is C13H8BrClF3N. The van der Waals surface area contributed by atoms with Gasteiger partial charge in [0.25, 0.3) is 0 Å². The highest BCUT2D eigenvalue weighted by Gasteiger charge is 2.19. The lowest BCUT2D eigenvalue weighted by Crippen LogP contribution is -2.15. The van der Waals surface area contributed by atoms with Gasteiger partial charge in [-0.1, -0.05) is 33.6 Å². The number of nitrogens with two attached hydrogens (primary N) is 1. The van der Waals surface area contributed by atoms with Crippen molar-refractivity contribution < 1.29 is 13.2 Å². The second-order valence-corrected chi connectivity index (χ2v) is 5.30. The second-order valence-electron chi connectivity index (χ2n) is 3.95. The number of hydrogen-bond acceptors (Lipinski definition) is 1. The molecule has 1 unspecified atom stereocenters. The van der Waals surface area contributed by atoms with Gasteiger partial charge in [0.15, 0.2) is 17.5 Å². The Labute approximate surface area is 121 Å². The Hall–Kier alpha value is -1.04. The van der Waals surface area contributed by atoms with Gasteiger partial charge in [-0.15, -0.1) is 0 Å². The molecule has 2 N–H and O–H groups in total. The normalized spacial score (nSPS) is 12.5. The molecule has 0 saturated carbocycles. The molecule has 1 nitrogen and oxygen atoms in total. The Bertz CT molecular complexity index is 613. The van der Waals surface area contributed by atoms with E-state index in [9.17, 15) is 13.2 Å². The molecule has 19 heavy (non-hydrogen) atoms. The van der Waals surface area contributed by atoms with E-state index < -0.39 is 23.5 Å². The fourth-order valence-corrected chi connectivity index (χ4v) is 2.60. The van der Waals surface area contributed by atoms with Crippen molar-refractivity contribution in [2.75, 3.05) is 0 Å². The Morgan fingerprint density at radius 2 is 1.74 bits per heavy atom. The van der Waals surface area contributed by atoms with Crippen LogP contribution in [0.15, 0.2) is 34.8 Å². The van der Waals surface area contributed by atoms with Crippen LogP contribution in [0.2, 0.25) is 5.02 Å². The molecule has 2 aromatic carbocycles. The maximum absolute atomic E-state index is 13.7. The first-order valence-electron chi connectivity index (χ1n) is 5.25. The van der Waals surface area contributed by atoms with Crippen LogP contribution in [0.5, 0.6) is 0 Å². The van der Waals surface area contributed by atoms with Crippen molar-refractivity contribution in [2.24, 2.45) is 5.73 Å². The summed E-state index contributed by atoms with van der Waals surface area (Å²) in [4.78, 5) is 0. The smallest absolute Gasteiger partial charge is 0.194 e. The first-order chi connectivity index (χ1) is 8.90. The molecule has 0 amide bonds. The SMILES string of the molecule is NC(c1cc(Cl)cc(Br)c1)c1ccc(F)c(F)c1F. The summed E-state index contributed by atoms with van der Waals surface area (Å²) < 4.78 is 40.4. The predicted molar refractivity (Wildman–Crippen MR) is 71.5 cm³/mol. The highest BCUT2D eigenvalue weighted by Crippen LogP contribution is 2.29. The maximum atomic E-state index is 13.7. The van der Waals surface area contributed by atoms with Crippen LogP contribution in [0.25, 0.3) is 0 Å². The molecule has 0 aromatic heterocycles. The van der Waals surface area contributed by atoms with Crippen molar-refractivity contribution >= 4 is 27.5 Å². The summed E-state index contributed by atoms with van der Waals surface area (Å²) in [5.41, 5.74) is 6.22. The van der Waals surface area contributed by atoms with Crippen LogP contribution >= 0.6 is 27.5 Å². The summed E-state index contributed by atoms with van der Waals surface area (Å²) in [6.45, 7) is 0. The van der Waals surface area contributed by atoms with Crippen molar-refractivity contribution in [3.05, 3.63) is 68.4 Å². The summed E-state index contributed by atoms with van der Waals surface area (Å²) in [5, 5.41) is 0.405. The van der Waals surface area contributed by atoms with Crippen molar-refractivity contribution in [1.82, 2.24) is 0 Å². The fourth-order valence-electron chi connectivity index (χ4n) is 1.72. The Morgan fingerprint density at radius 1 is 1.05 bits per heavy atom. The topological polar surface area (TPSA) is 26.0 Å². The quantitative estimate of drug-likeness (QED) is 0.789. The Kier molecular flexibility index (Phi) is 4.18. The van der Waals surface area contributed by atoms with Crippen LogP contribution in [-0.4, -0.2) is 0 Å². The zero-order valence-electron chi connectivity index (χ0n) is 9.43. The molecule has 1 atom stereocenters. The number of benzene rings is 2. The van der Waals surface area contributed by atoms with Crippen molar-refractivity contribution in [2.45, 2.75) is 6.04 Å². The van der Waals surface area contributed by atoms with E-state index in [1.165, 1.54) is 6.07 Å². The Morgan fingerprint density at radius 3 is 2.37 bits per heavy atom. The monoisotopic (exact) mass is 349 g/mol.